The Morgan fingerprint density at radius 2 is 2.15 bits per heavy atom. The predicted octanol–water partition coefficient (Wildman–Crippen LogP) is 4.53. The highest BCUT2D eigenvalue weighted by Crippen LogP contribution is 2.33. The maximum absolute atomic E-state index is 12.9. The lowest BCUT2D eigenvalue weighted by atomic mass is 10.1. The predicted molar refractivity (Wildman–Crippen MR) is 106 cm³/mol. The second-order valence-corrected chi connectivity index (χ2v) is 8.23. The van der Waals surface area contributed by atoms with Crippen LogP contribution in [0.2, 0.25) is 0 Å². The summed E-state index contributed by atoms with van der Waals surface area (Å²) in [6.07, 6.45) is 2.25. The van der Waals surface area contributed by atoms with Gasteiger partial charge in [-0.3, -0.25) is 4.79 Å². The molecular weight excluding hydrogens is 344 g/mol. The van der Waals surface area contributed by atoms with Gasteiger partial charge in [0, 0.05) is 18.0 Å². The van der Waals surface area contributed by atoms with Crippen LogP contribution in [0.25, 0.3) is 10.2 Å². The van der Waals surface area contributed by atoms with Crippen LogP contribution in [-0.4, -0.2) is 29.7 Å². The average molecular weight is 369 g/mol. The van der Waals surface area contributed by atoms with Crippen molar-refractivity contribution in [3.05, 3.63) is 58.6 Å². The highest BCUT2D eigenvalue weighted by molar-refractivity contribution is 7.19. The van der Waals surface area contributed by atoms with Crippen LogP contribution in [-0.2, 0) is 4.74 Å². The van der Waals surface area contributed by atoms with Crippen LogP contribution < -0.4 is 5.32 Å². The summed E-state index contributed by atoms with van der Waals surface area (Å²) in [4.78, 5) is 14.2. The fourth-order valence-corrected chi connectivity index (χ4v) is 4.66. The van der Waals surface area contributed by atoms with E-state index < -0.39 is 0 Å². The molecule has 1 N–H and O–H groups in total. The van der Waals surface area contributed by atoms with E-state index in [2.05, 4.69) is 41.9 Å². The minimum absolute atomic E-state index is 0.0238. The molecule has 3 heterocycles. The molecule has 4 rings (SSSR count). The number of benzene rings is 1. The maximum atomic E-state index is 12.9. The highest BCUT2D eigenvalue weighted by atomic mass is 32.1. The van der Waals surface area contributed by atoms with Gasteiger partial charge in [-0.2, -0.15) is 0 Å². The molecular formula is C21H24N2O2S. The Bertz CT molecular complexity index is 907. The number of thiophene rings is 1. The first-order chi connectivity index (χ1) is 12.6. The van der Waals surface area contributed by atoms with Gasteiger partial charge in [0.15, 0.2) is 0 Å². The number of hydrogen-bond donors (Lipinski definition) is 1. The van der Waals surface area contributed by atoms with E-state index in [1.54, 1.807) is 11.3 Å². The Hall–Kier alpha value is -2.11. The Balaban J connectivity index is 1.67. The van der Waals surface area contributed by atoms with Crippen molar-refractivity contribution in [2.75, 3.05) is 13.2 Å². The summed E-state index contributed by atoms with van der Waals surface area (Å²) in [5.74, 6) is -0.0238. The van der Waals surface area contributed by atoms with Gasteiger partial charge in [-0.15, -0.1) is 11.3 Å². The molecule has 0 aliphatic carbocycles. The summed E-state index contributed by atoms with van der Waals surface area (Å²) in [5.41, 5.74) is 3.05. The maximum Gasteiger partial charge on any atom is 0.268 e. The summed E-state index contributed by atoms with van der Waals surface area (Å²) in [6.45, 7) is 5.64. The molecule has 1 fully saturated rings. The van der Waals surface area contributed by atoms with Crippen molar-refractivity contribution in [2.24, 2.45) is 0 Å². The largest absolute Gasteiger partial charge is 0.376 e. The van der Waals surface area contributed by atoms with Gasteiger partial charge in [-0.1, -0.05) is 30.3 Å². The number of amides is 1. The van der Waals surface area contributed by atoms with Crippen LogP contribution in [0.15, 0.2) is 42.5 Å². The molecule has 0 spiro atoms. The molecule has 136 valence electrons. The van der Waals surface area contributed by atoms with Crippen LogP contribution in [0, 0.1) is 6.92 Å². The third-order valence-electron chi connectivity index (χ3n) is 5.07. The Morgan fingerprint density at radius 1 is 1.35 bits per heavy atom. The SMILES string of the molecule is Cc1cc2c(cc(C(=O)NC[C@H]3CCCO3)n2[C@@H](C)c2ccccc2)s1. The first kappa shape index (κ1) is 17.3. The van der Waals surface area contributed by atoms with Crippen molar-refractivity contribution < 1.29 is 9.53 Å². The van der Waals surface area contributed by atoms with Crippen molar-refractivity contribution in [1.29, 1.82) is 0 Å². The van der Waals surface area contributed by atoms with Crippen molar-refractivity contribution in [1.82, 2.24) is 9.88 Å². The van der Waals surface area contributed by atoms with Crippen LogP contribution in [0.5, 0.6) is 0 Å². The zero-order valence-corrected chi connectivity index (χ0v) is 16.0. The Labute approximate surface area is 157 Å². The number of nitrogens with one attached hydrogen (secondary N) is 1. The molecule has 0 bridgehead atoms. The van der Waals surface area contributed by atoms with Crippen LogP contribution in [0.1, 0.15) is 46.7 Å². The molecule has 0 saturated carbocycles. The van der Waals surface area contributed by atoms with E-state index in [1.165, 1.54) is 10.4 Å². The normalized spacial score (nSPS) is 18.3. The molecule has 4 nitrogen and oxygen atoms in total. The van der Waals surface area contributed by atoms with E-state index >= 15 is 0 Å². The zero-order chi connectivity index (χ0) is 18.1. The van der Waals surface area contributed by atoms with E-state index in [0.29, 0.717) is 6.54 Å². The lowest BCUT2D eigenvalue weighted by Gasteiger charge is -2.19. The molecule has 2 aromatic heterocycles. The number of fused-ring (bicyclic) bond motifs is 1. The van der Waals surface area contributed by atoms with Crippen molar-refractivity contribution >= 4 is 27.5 Å². The van der Waals surface area contributed by atoms with E-state index in [9.17, 15) is 4.79 Å². The molecule has 1 aromatic carbocycles. The van der Waals surface area contributed by atoms with Gasteiger partial charge < -0.3 is 14.6 Å². The second kappa shape index (κ2) is 7.25. The smallest absolute Gasteiger partial charge is 0.268 e. The Morgan fingerprint density at radius 3 is 2.88 bits per heavy atom. The van der Waals surface area contributed by atoms with Gasteiger partial charge in [-0.05, 0) is 44.4 Å². The van der Waals surface area contributed by atoms with Crippen LogP contribution in [0.4, 0.5) is 0 Å². The van der Waals surface area contributed by atoms with Gasteiger partial charge in [0.1, 0.15) is 5.69 Å². The van der Waals surface area contributed by atoms with E-state index in [0.717, 1.165) is 35.4 Å². The van der Waals surface area contributed by atoms with Crippen molar-refractivity contribution in [3.8, 4) is 0 Å². The van der Waals surface area contributed by atoms with Gasteiger partial charge >= 0.3 is 0 Å². The van der Waals surface area contributed by atoms with Crippen molar-refractivity contribution in [2.45, 2.75) is 38.8 Å². The van der Waals surface area contributed by atoms with Gasteiger partial charge in [0.2, 0.25) is 0 Å². The van der Waals surface area contributed by atoms with Crippen LogP contribution >= 0.6 is 11.3 Å². The number of carbonyl (C=O) groups excluding carboxylic acids is 1. The summed E-state index contributed by atoms with van der Waals surface area (Å²) in [6, 6.07) is 14.6. The first-order valence-corrected chi connectivity index (χ1v) is 10.0. The number of carbonyl (C=O) groups is 1. The number of ether oxygens (including phenoxy) is 1. The second-order valence-electron chi connectivity index (χ2n) is 6.94. The number of nitrogens with zero attached hydrogens (tertiary/aromatic N) is 1. The third kappa shape index (κ3) is 3.29. The fourth-order valence-electron chi connectivity index (χ4n) is 3.71. The highest BCUT2D eigenvalue weighted by Gasteiger charge is 2.23. The fraction of sp³-hybridized carbons (Fsp3) is 0.381. The summed E-state index contributed by atoms with van der Waals surface area (Å²) in [5, 5.41) is 3.07. The average Bonchev–Trinajstić information content (AvgIpc) is 3.35. The van der Waals surface area contributed by atoms with Gasteiger partial charge in [-0.25, -0.2) is 0 Å². The number of aromatic nitrogens is 1. The monoisotopic (exact) mass is 368 g/mol. The van der Waals surface area contributed by atoms with Crippen molar-refractivity contribution in [3.63, 3.8) is 0 Å². The minimum Gasteiger partial charge on any atom is -0.376 e. The summed E-state index contributed by atoms with van der Waals surface area (Å²) in [7, 11) is 0. The van der Waals surface area contributed by atoms with Gasteiger partial charge in [0.05, 0.1) is 22.4 Å². The molecule has 2 atom stereocenters. The molecule has 0 radical (unpaired) electrons. The van der Waals surface area contributed by atoms with E-state index in [1.807, 2.05) is 24.3 Å². The van der Waals surface area contributed by atoms with Crippen LogP contribution in [0.3, 0.4) is 0 Å². The first-order valence-electron chi connectivity index (χ1n) is 9.19. The topological polar surface area (TPSA) is 43.3 Å². The van der Waals surface area contributed by atoms with E-state index in [4.69, 9.17) is 4.74 Å². The molecule has 0 unspecified atom stereocenters. The minimum atomic E-state index is -0.0238. The number of rotatable bonds is 5. The molecule has 1 aliphatic heterocycles. The Kier molecular flexibility index (Phi) is 4.83. The quantitative estimate of drug-likeness (QED) is 0.719. The van der Waals surface area contributed by atoms with E-state index in [-0.39, 0.29) is 18.1 Å². The lowest BCUT2D eigenvalue weighted by Crippen LogP contribution is -2.33. The third-order valence-corrected chi connectivity index (χ3v) is 6.05. The molecule has 3 aromatic rings. The number of hydrogen-bond acceptors (Lipinski definition) is 3. The molecule has 1 aliphatic rings. The standard InChI is InChI=1S/C21H24N2O2S/c1-14-11-18-20(26-14)12-19(21(24)22-13-17-9-6-10-25-17)23(18)15(2)16-7-4-3-5-8-16/h3-5,7-8,11-12,15,17H,6,9-10,13H2,1-2H3,(H,22,24)/t15-,17+/m0/s1. The molecule has 26 heavy (non-hydrogen) atoms. The number of aryl methyl sites for hydroxylation is 1. The molecule has 1 amide bonds. The zero-order valence-electron chi connectivity index (χ0n) is 15.2. The van der Waals surface area contributed by atoms with Gasteiger partial charge in [0.25, 0.3) is 5.91 Å². The summed E-state index contributed by atoms with van der Waals surface area (Å²) < 4.78 is 8.95. The summed E-state index contributed by atoms with van der Waals surface area (Å²) >= 11 is 1.74. The molecule has 1 saturated heterocycles. The molecule has 5 heteroatoms. The lowest BCUT2D eigenvalue weighted by molar-refractivity contribution is 0.0850.